The maximum absolute atomic E-state index is 12.2. The molecule has 1 aromatic heterocycles. The van der Waals surface area contributed by atoms with Gasteiger partial charge in [0.25, 0.3) is 5.91 Å². The molecule has 0 fully saturated rings. The molecule has 0 atom stereocenters. The Hall–Kier alpha value is -2.95. The van der Waals surface area contributed by atoms with Crippen LogP contribution in [0.3, 0.4) is 0 Å². The van der Waals surface area contributed by atoms with Crippen molar-refractivity contribution in [1.29, 1.82) is 0 Å². The van der Waals surface area contributed by atoms with Crippen LogP contribution in [-0.4, -0.2) is 34.8 Å². The van der Waals surface area contributed by atoms with Crippen molar-refractivity contribution < 1.29 is 14.3 Å². The number of ether oxygens (including phenoxy) is 2. The number of halogens is 1. The molecule has 0 aliphatic carbocycles. The molecule has 0 spiro atoms. The zero-order valence-electron chi connectivity index (χ0n) is 16.3. The van der Waals surface area contributed by atoms with Gasteiger partial charge in [-0.1, -0.05) is 16.1 Å². The first-order valence-corrected chi connectivity index (χ1v) is 10.2. The first-order chi connectivity index (χ1) is 14.4. The van der Waals surface area contributed by atoms with Gasteiger partial charge in [-0.2, -0.15) is 0 Å². The van der Waals surface area contributed by atoms with Gasteiger partial charge in [0.2, 0.25) is 0 Å². The van der Waals surface area contributed by atoms with Crippen molar-refractivity contribution in [2.75, 3.05) is 30.2 Å². The largest absolute Gasteiger partial charge is 0.495 e. The van der Waals surface area contributed by atoms with E-state index in [1.54, 1.807) is 50.4 Å². The summed E-state index contributed by atoms with van der Waals surface area (Å²) in [6.07, 6.45) is 0. The van der Waals surface area contributed by atoms with Crippen molar-refractivity contribution in [1.82, 2.24) is 9.59 Å². The number of hydrogen-bond donors (Lipinski definition) is 3. The molecule has 0 saturated heterocycles. The fourth-order valence-corrected chi connectivity index (χ4v) is 3.44. The summed E-state index contributed by atoms with van der Waals surface area (Å²) in [6.45, 7) is 1.80. The van der Waals surface area contributed by atoms with Crippen LogP contribution in [0.2, 0.25) is 5.02 Å². The molecule has 3 N–H and O–H groups in total. The number of carbonyl (C=O) groups is 1. The molecule has 0 saturated carbocycles. The van der Waals surface area contributed by atoms with Crippen LogP contribution >= 0.6 is 35.4 Å². The van der Waals surface area contributed by atoms with Gasteiger partial charge in [0.15, 0.2) is 10.8 Å². The third kappa shape index (κ3) is 5.15. The van der Waals surface area contributed by atoms with E-state index in [0.29, 0.717) is 38.7 Å². The molecule has 0 bridgehead atoms. The van der Waals surface area contributed by atoms with Gasteiger partial charge in [0, 0.05) is 17.4 Å². The van der Waals surface area contributed by atoms with Crippen LogP contribution in [0.25, 0.3) is 0 Å². The van der Waals surface area contributed by atoms with Gasteiger partial charge in [-0.15, -0.1) is 5.10 Å². The van der Waals surface area contributed by atoms with Crippen LogP contribution in [0.15, 0.2) is 36.4 Å². The van der Waals surface area contributed by atoms with E-state index in [4.69, 9.17) is 33.3 Å². The van der Waals surface area contributed by atoms with Crippen LogP contribution in [0.4, 0.5) is 17.1 Å². The number of nitrogens with zero attached hydrogens (tertiary/aromatic N) is 2. The standard InChI is InChI=1S/C19H18ClN5O3S2/c1-10-17(24-25-30-10)18(26)21-11-4-6-12(7-5-11)22-19(29)23-14-8-13(20)15(27-2)9-16(14)28-3/h4-9H,1-3H3,(H,21,26)(H2,22,23,29). The SMILES string of the molecule is COc1cc(OC)c(NC(=S)Nc2ccc(NC(=O)c3nnsc3C)cc2)cc1Cl. The van der Waals surface area contributed by atoms with Gasteiger partial charge in [-0.25, -0.2) is 0 Å². The molecule has 3 aromatic rings. The Kier molecular flexibility index (Phi) is 7.03. The molecule has 11 heteroatoms. The van der Waals surface area contributed by atoms with Gasteiger partial charge in [0.1, 0.15) is 11.5 Å². The minimum absolute atomic E-state index is 0.303. The number of aromatic nitrogens is 2. The number of amides is 1. The van der Waals surface area contributed by atoms with Gasteiger partial charge in [0.05, 0.1) is 29.8 Å². The summed E-state index contributed by atoms with van der Waals surface area (Å²) in [5, 5.41) is 13.5. The minimum atomic E-state index is -0.303. The lowest BCUT2D eigenvalue weighted by Gasteiger charge is -2.15. The third-order valence-electron chi connectivity index (χ3n) is 3.99. The Balaban J connectivity index is 1.63. The topological polar surface area (TPSA) is 97.4 Å². The molecule has 30 heavy (non-hydrogen) atoms. The van der Waals surface area contributed by atoms with E-state index < -0.39 is 0 Å². The fraction of sp³-hybridized carbons (Fsp3) is 0.158. The van der Waals surface area contributed by atoms with E-state index in [1.807, 2.05) is 0 Å². The summed E-state index contributed by atoms with van der Waals surface area (Å²) in [5.41, 5.74) is 2.27. The molecule has 0 aliphatic rings. The van der Waals surface area contributed by atoms with E-state index in [1.165, 1.54) is 18.6 Å². The van der Waals surface area contributed by atoms with Gasteiger partial charge in [-0.05, 0) is 61.0 Å². The normalized spacial score (nSPS) is 10.3. The number of anilines is 3. The van der Waals surface area contributed by atoms with Gasteiger partial charge >= 0.3 is 0 Å². The van der Waals surface area contributed by atoms with E-state index in [-0.39, 0.29) is 5.91 Å². The van der Waals surface area contributed by atoms with Crippen molar-refractivity contribution in [3.05, 3.63) is 52.0 Å². The second-order valence-electron chi connectivity index (χ2n) is 5.98. The second-order valence-corrected chi connectivity index (χ2v) is 7.75. The molecular weight excluding hydrogens is 446 g/mol. The van der Waals surface area contributed by atoms with Crippen LogP contribution in [0, 0.1) is 6.92 Å². The Morgan fingerprint density at radius 1 is 1.03 bits per heavy atom. The summed E-state index contributed by atoms with van der Waals surface area (Å²) >= 11 is 12.7. The van der Waals surface area contributed by atoms with Crippen molar-refractivity contribution >= 4 is 63.4 Å². The van der Waals surface area contributed by atoms with Crippen molar-refractivity contribution in [3.8, 4) is 11.5 Å². The maximum Gasteiger partial charge on any atom is 0.277 e. The molecule has 1 heterocycles. The van der Waals surface area contributed by atoms with E-state index in [2.05, 4.69) is 25.5 Å². The predicted octanol–water partition coefficient (Wildman–Crippen LogP) is 4.58. The second kappa shape index (κ2) is 9.70. The Bertz CT molecular complexity index is 1070. The van der Waals surface area contributed by atoms with Crippen LogP contribution in [-0.2, 0) is 0 Å². The highest BCUT2D eigenvalue weighted by molar-refractivity contribution is 7.80. The average Bonchev–Trinajstić information content (AvgIpc) is 3.15. The molecule has 0 radical (unpaired) electrons. The zero-order chi connectivity index (χ0) is 21.7. The van der Waals surface area contributed by atoms with Crippen molar-refractivity contribution in [3.63, 3.8) is 0 Å². The monoisotopic (exact) mass is 463 g/mol. The number of nitrogens with one attached hydrogen (secondary N) is 3. The van der Waals surface area contributed by atoms with Crippen LogP contribution in [0.1, 0.15) is 15.4 Å². The smallest absolute Gasteiger partial charge is 0.277 e. The fourth-order valence-electron chi connectivity index (χ4n) is 2.51. The van der Waals surface area contributed by atoms with Crippen LogP contribution in [0.5, 0.6) is 11.5 Å². The first-order valence-electron chi connectivity index (χ1n) is 8.61. The highest BCUT2D eigenvalue weighted by atomic mass is 35.5. The van der Waals surface area contributed by atoms with Crippen molar-refractivity contribution in [2.45, 2.75) is 6.92 Å². The summed E-state index contributed by atoms with van der Waals surface area (Å²) in [5.74, 6) is 0.729. The molecule has 1 amide bonds. The first kappa shape index (κ1) is 21.8. The molecule has 0 aliphatic heterocycles. The van der Waals surface area contributed by atoms with E-state index >= 15 is 0 Å². The average molecular weight is 464 g/mol. The quantitative estimate of drug-likeness (QED) is 0.457. The number of hydrogen-bond acceptors (Lipinski definition) is 7. The molecule has 0 unspecified atom stereocenters. The van der Waals surface area contributed by atoms with E-state index in [0.717, 1.165) is 10.6 Å². The Morgan fingerprint density at radius 3 is 2.23 bits per heavy atom. The maximum atomic E-state index is 12.2. The molecule has 8 nitrogen and oxygen atoms in total. The number of aryl methyl sites for hydroxylation is 1. The van der Waals surface area contributed by atoms with Crippen molar-refractivity contribution in [2.24, 2.45) is 0 Å². The Morgan fingerprint density at radius 2 is 1.67 bits per heavy atom. The molecule has 3 rings (SSSR count). The summed E-state index contributed by atoms with van der Waals surface area (Å²) in [6, 6.07) is 10.4. The lowest BCUT2D eigenvalue weighted by molar-refractivity contribution is 0.102. The lowest BCUT2D eigenvalue weighted by atomic mass is 10.2. The highest BCUT2D eigenvalue weighted by Gasteiger charge is 2.14. The molecular formula is C19H18ClN5O3S2. The van der Waals surface area contributed by atoms with Gasteiger partial charge in [-0.3, -0.25) is 4.79 Å². The summed E-state index contributed by atoms with van der Waals surface area (Å²) < 4.78 is 14.3. The number of carbonyl (C=O) groups excluding carboxylic acids is 1. The van der Waals surface area contributed by atoms with E-state index in [9.17, 15) is 4.79 Å². The predicted molar refractivity (Wildman–Crippen MR) is 123 cm³/mol. The van der Waals surface area contributed by atoms with Crippen LogP contribution < -0.4 is 25.4 Å². The third-order valence-corrected chi connectivity index (χ3v) is 5.12. The number of rotatable bonds is 6. The number of benzene rings is 2. The highest BCUT2D eigenvalue weighted by Crippen LogP contribution is 2.36. The summed E-state index contributed by atoms with van der Waals surface area (Å²) in [4.78, 5) is 13.0. The minimum Gasteiger partial charge on any atom is -0.495 e. The lowest BCUT2D eigenvalue weighted by Crippen LogP contribution is -2.19. The molecule has 2 aromatic carbocycles. The number of methoxy groups -OCH3 is 2. The Labute approximate surface area is 187 Å². The summed E-state index contributed by atoms with van der Waals surface area (Å²) in [7, 11) is 3.07. The zero-order valence-corrected chi connectivity index (χ0v) is 18.7. The van der Waals surface area contributed by atoms with Gasteiger partial charge < -0.3 is 25.4 Å². The number of thiocarbonyl (C=S) groups is 1. The molecule has 156 valence electrons.